The average molecular weight is 60.1 g/mol. The molecule has 1 heteroatoms. The van der Waals surface area contributed by atoms with Crippen LogP contribution in [0.15, 0.2) is 0 Å². The Balaban J connectivity index is 2.80. The lowest BCUT2D eigenvalue weighted by Crippen LogP contribution is -1.86. The standard InChI is InChI=1S/C3H8N/c1-4(2)3/h1H2,2-3H3/q+1/i1+2. The third kappa shape index (κ3) is 6.88. The van der Waals surface area contributed by atoms with Crippen LogP contribution < -0.4 is 0 Å². The topological polar surface area (TPSA) is 3.01 Å². The molecule has 0 aliphatic carbocycles. The highest BCUT2D eigenvalue weighted by molar-refractivity contribution is 5.13. The van der Waals surface area contributed by atoms with Gasteiger partial charge in [0.15, 0.2) is 0 Å². The van der Waals surface area contributed by atoms with Crippen molar-refractivity contribution in [1.82, 2.24) is 0 Å². The molecule has 0 atom stereocenters. The Morgan fingerprint density at radius 3 is 1.50 bits per heavy atom. The molecule has 0 N–H and O–H groups in total. The van der Waals surface area contributed by atoms with E-state index in [9.17, 15) is 0 Å². The Morgan fingerprint density at radius 1 is 1.50 bits per heavy atom. The van der Waals surface area contributed by atoms with E-state index in [0.29, 0.717) is 0 Å². The van der Waals surface area contributed by atoms with Gasteiger partial charge in [-0.05, 0) is 0 Å². The molecule has 0 aliphatic rings. The summed E-state index contributed by atoms with van der Waals surface area (Å²) < 4.78 is 1.75. The molecule has 0 radical (unpaired) electrons. The number of hydrogen-bond acceptors (Lipinski definition) is 0. The van der Waals surface area contributed by atoms with Gasteiger partial charge in [-0.25, -0.2) is 4.58 Å². The van der Waals surface area contributed by atoms with Gasteiger partial charge in [-0.15, -0.1) is 0 Å². The molecule has 0 saturated carbocycles. The summed E-state index contributed by atoms with van der Waals surface area (Å²) in [4.78, 5) is 0. The van der Waals surface area contributed by atoms with Crippen molar-refractivity contribution in [2.24, 2.45) is 0 Å². The molecule has 0 unspecified atom stereocenters. The summed E-state index contributed by atoms with van der Waals surface area (Å²) in [5.74, 6) is 0. The molecular weight excluding hydrogens is 52.0 g/mol. The number of rotatable bonds is 0. The maximum atomic E-state index is 3.47. The van der Waals surface area contributed by atoms with Gasteiger partial charge in [0.05, 0.1) is 0 Å². The van der Waals surface area contributed by atoms with Gasteiger partial charge in [0.1, 0.15) is 20.8 Å². The normalized spacial score (nSPS) is 6.50. The molecule has 0 amide bonds. The van der Waals surface area contributed by atoms with Crippen molar-refractivity contribution in [3.8, 4) is 0 Å². The van der Waals surface area contributed by atoms with E-state index in [1.165, 1.54) is 0 Å². The molecule has 0 aliphatic heterocycles. The summed E-state index contributed by atoms with van der Waals surface area (Å²) >= 11 is 0. The number of nitrogens with zero attached hydrogens (tertiary/aromatic N) is 1. The molecule has 4 heavy (non-hydrogen) atoms. The van der Waals surface area contributed by atoms with Crippen molar-refractivity contribution in [2.45, 2.75) is 0 Å². The van der Waals surface area contributed by atoms with Crippen LogP contribution in [-0.4, -0.2) is 25.4 Å². The first kappa shape index (κ1) is 3.67. The highest BCUT2D eigenvalue weighted by atomic mass is 15.1. The fourth-order valence-corrected chi connectivity index (χ4v) is 0. The minimum absolute atomic E-state index is 1.75. The molecule has 0 saturated heterocycles. The lowest BCUT2D eigenvalue weighted by atomic mass is 11.2. The smallest absolute Gasteiger partial charge is 0.131 e. The zero-order valence-corrected chi connectivity index (χ0v) is 3.15. The minimum atomic E-state index is 1.75. The average Bonchev–Trinajstić information content (AvgIpc) is 0.811. The number of hydrogen-bond donors (Lipinski definition) is 0. The molecule has 0 heterocycles. The molecule has 1 nitrogen and oxygen atoms in total. The van der Waals surface area contributed by atoms with Crippen LogP contribution in [0.3, 0.4) is 0 Å². The summed E-state index contributed by atoms with van der Waals surface area (Å²) in [7, 11) is 3.78. The van der Waals surface area contributed by atoms with Crippen molar-refractivity contribution in [2.75, 3.05) is 14.1 Å². The SMILES string of the molecule is C[N+](C)=[14CH2]. The van der Waals surface area contributed by atoms with Gasteiger partial charge in [-0.1, -0.05) is 0 Å². The van der Waals surface area contributed by atoms with Crippen molar-refractivity contribution >= 4 is 6.72 Å². The zero-order chi connectivity index (χ0) is 3.58. The van der Waals surface area contributed by atoms with Crippen LogP contribution in [0.25, 0.3) is 0 Å². The van der Waals surface area contributed by atoms with E-state index in [0.717, 1.165) is 0 Å². The van der Waals surface area contributed by atoms with Crippen LogP contribution in [0, 0.1) is 0 Å². The van der Waals surface area contributed by atoms with E-state index in [-0.39, 0.29) is 0 Å². The van der Waals surface area contributed by atoms with Crippen molar-refractivity contribution in [1.29, 1.82) is 0 Å². The first-order chi connectivity index (χ1) is 1.73. The Bertz CT molecular complexity index is 26.3. The van der Waals surface area contributed by atoms with E-state index < -0.39 is 0 Å². The zero-order valence-electron chi connectivity index (χ0n) is 3.15. The molecule has 0 aromatic rings. The Morgan fingerprint density at radius 2 is 1.50 bits per heavy atom. The maximum Gasteiger partial charge on any atom is 0.131 e. The van der Waals surface area contributed by atoms with Gasteiger partial charge in [-0.3, -0.25) is 0 Å². The Labute approximate surface area is 26.6 Å². The molecule has 0 bridgehead atoms. The van der Waals surface area contributed by atoms with E-state index >= 15 is 0 Å². The predicted molar refractivity (Wildman–Crippen MR) is 19.2 cm³/mol. The largest absolute Gasteiger partial charge is 0.248 e. The maximum absolute atomic E-state index is 3.47. The van der Waals surface area contributed by atoms with Crippen molar-refractivity contribution in [3.05, 3.63) is 0 Å². The Kier molecular flexibility index (Phi) is 0.958. The molecule has 0 aromatic heterocycles. The molecule has 0 fully saturated rings. The minimum Gasteiger partial charge on any atom is -0.248 e. The predicted octanol–water partition coefficient (Wildman–Crippen LogP) is -0.0409. The first-order valence-electron chi connectivity index (χ1n) is 1.21. The van der Waals surface area contributed by atoms with Crippen molar-refractivity contribution < 1.29 is 4.58 Å². The third-order valence-electron chi connectivity index (χ3n) is 0. The summed E-state index contributed by atoms with van der Waals surface area (Å²) in [5, 5.41) is 0. The molecule has 0 aromatic carbocycles. The summed E-state index contributed by atoms with van der Waals surface area (Å²) in [6.45, 7) is 3.47. The highest BCUT2D eigenvalue weighted by Crippen LogP contribution is 1.30. The van der Waals surface area contributed by atoms with E-state index in [1.807, 2.05) is 14.1 Å². The first-order valence-corrected chi connectivity index (χ1v) is 1.21. The monoisotopic (exact) mass is 60.1 g/mol. The molecule has 24 valence electrons. The fourth-order valence-electron chi connectivity index (χ4n) is 0. The van der Waals surface area contributed by atoms with Gasteiger partial charge in [0.25, 0.3) is 0 Å². The van der Waals surface area contributed by atoms with Crippen LogP contribution in [0.5, 0.6) is 0 Å². The summed E-state index contributed by atoms with van der Waals surface area (Å²) in [6, 6.07) is 0. The Hall–Kier alpha value is -0.330. The van der Waals surface area contributed by atoms with Crippen LogP contribution in [0.2, 0.25) is 0 Å². The van der Waals surface area contributed by atoms with Gasteiger partial charge in [0.2, 0.25) is 0 Å². The highest BCUT2D eigenvalue weighted by Gasteiger charge is 1.53. The fraction of sp³-hybridized carbons (Fsp3) is 0.667. The lowest BCUT2D eigenvalue weighted by Gasteiger charge is -1.65. The molecule has 0 spiro atoms. The lowest BCUT2D eigenvalue weighted by molar-refractivity contribution is -0.454. The van der Waals surface area contributed by atoms with E-state index in [1.54, 1.807) is 4.58 Å². The third-order valence-corrected chi connectivity index (χ3v) is 0. The summed E-state index contributed by atoms with van der Waals surface area (Å²) in [5.41, 5.74) is 0. The quantitative estimate of drug-likeness (QED) is 0.272. The van der Waals surface area contributed by atoms with Gasteiger partial charge in [0, 0.05) is 0 Å². The van der Waals surface area contributed by atoms with Crippen LogP contribution in [0.4, 0.5) is 0 Å². The van der Waals surface area contributed by atoms with Crippen LogP contribution in [-0.2, 0) is 0 Å². The summed E-state index contributed by atoms with van der Waals surface area (Å²) in [6.07, 6.45) is 0. The second kappa shape index (κ2) is 1.04. The van der Waals surface area contributed by atoms with Crippen LogP contribution in [0.1, 0.15) is 0 Å². The van der Waals surface area contributed by atoms with Gasteiger partial charge < -0.3 is 0 Å². The molecular formula is C3H8N+. The van der Waals surface area contributed by atoms with Crippen LogP contribution >= 0.6 is 0 Å². The van der Waals surface area contributed by atoms with Gasteiger partial charge in [-0.2, -0.15) is 0 Å². The van der Waals surface area contributed by atoms with Crippen molar-refractivity contribution in [3.63, 3.8) is 0 Å². The molecule has 0 rings (SSSR count). The second-order valence-corrected chi connectivity index (χ2v) is 1.08. The second-order valence-electron chi connectivity index (χ2n) is 1.08. The van der Waals surface area contributed by atoms with E-state index in [2.05, 4.69) is 6.72 Å². The van der Waals surface area contributed by atoms with E-state index in [4.69, 9.17) is 0 Å². The van der Waals surface area contributed by atoms with Gasteiger partial charge >= 0.3 is 0 Å².